The van der Waals surface area contributed by atoms with E-state index in [1.165, 1.54) is 30.1 Å². The van der Waals surface area contributed by atoms with E-state index in [-0.39, 0.29) is 31.2 Å². The minimum atomic E-state index is -0.750. The average Bonchev–Trinajstić information content (AvgIpc) is 2.90. The fraction of sp³-hybridized carbons (Fsp3) is 0.231. The van der Waals surface area contributed by atoms with Gasteiger partial charge in [0.2, 0.25) is 5.95 Å². The number of ether oxygens (including phenoxy) is 2. The van der Waals surface area contributed by atoms with E-state index in [0.29, 0.717) is 34.3 Å². The highest BCUT2D eigenvalue weighted by Crippen LogP contribution is 2.35. The Morgan fingerprint density at radius 3 is 2.58 bits per heavy atom. The van der Waals surface area contributed by atoms with Gasteiger partial charge in [0.25, 0.3) is 0 Å². The molecule has 1 N–H and O–H groups in total. The fourth-order valence-electron chi connectivity index (χ4n) is 3.89. The highest BCUT2D eigenvalue weighted by molar-refractivity contribution is 6.05. The lowest BCUT2D eigenvalue weighted by Gasteiger charge is -2.36. The van der Waals surface area contributed by atoms with Gasteiger partial charge in [0.05, 0.1) is 33.0 Å². The SMILES string of the molecule is C=CC(=O)Cc1ccccc1Nc1ncc2c(n1)N(CCF)C(=O)N(c1cc(OC)cc(OC)c1)C2. The summed E-state index contributed by atoms with van der Waals surface area (Å²) in [5, 5.41) is 3.12. The third-order valence-corrected chi connectivity index (χ3v) is 5.70. The van der Waals surface area contributed by atoms with Gasteiger partial charge >= 0.3 is 6.03 Å². The maximum atomic E-state index is 13.5. The normalized spacial score (nSPS) is 12.7. The molecular formula is C26H26FN5O4. The number of urea groups is 1. The van der Waals surface area contributed by atoms with Crippen molar-refractivity contribution >= 4 is 35.0 Å². The zero-order chi connectivity index (χ0) is 25.7. The van der Waals surface area contributed by atoms with Crippen molar-refractivity contribution in [1.82, 2.24) is 9.97 Å². The van der Waals surface area contributed by atoms with Crippen LogP contribution >= 0.6 is 0 Å². The van der Waals surface area contributed by atoms with Gasteiger partial charge in [-0.05, 0) is 17.7 Å². The molecule has 9 nitrogen and oxygen atoms in total. The first-order valence-electron chi connectivity index (χ1n) is 11.2. The molecule has 36 heavy (non-hydrogen) atoms. The second kappa shape index (κ2) is 10.9. The van der Waals surface area contributed by atoms with E-state index in [9.17, 15) is 14.0 Å². The van der Waals surface area contributed by atoms with Gasteiger partial charge in [0, 0.05) is 42.1 Å². The van der Waals surface area contributed by atoms with Crippen LogP contribution in [-0.4, -0.2) is 49.2 Å². The van der Waals surface area contributed by atoms with E-state index < -0.39 is 12.7 Å². The number of hydrogen-bond donors (Lipinski definition) is 1. The molecule has 186 valence electrons. The number of nitrogens with zero attached hydrogens (tertiary/aromatic N) is 4. The van der Waals surface area contributed by atoms with Crippen LogP contribution in [-0.2, 0) is 17.8 Å². The molecule has 3 aromatic rings. The zero-order valence-electron chi connectivity index (χ0n) is 20.0. The Kier molecular flexibility index (Phi) is 7.43. The number of benzene rings is 2. The van der Waals surface area contributed by atoms with E-state index in [4.69, 9.17) is 9.47 Å². The molecule has 10 heteroatoms. The summed E-state index contributed by atoms with van der Waals surface area (Å²) in [7, 11) is 3.05. The van der Waals surface area contributed by atoms with Crippen molar-refractivity contribution in [1.29, 1.82) is 0 Å². The molecule has 0 bridgehead atoms. The van der Waals surface area contributed by atoms with Gasteiger partial charge in [-0.1, -0.05) is 24.8 Å². The number of allylic oxidation sites excluding steroid dienone is 1. The van der Waals surface area contributed by atoms with Gasteiger partial charge in [-0.3, -0.25) is 14.6 Å². The summed E-state index contributed by atoms with van der Waals surface area (Å²) in [6, 6.07) is 12.0. The van der Waals surface area contributed by atoms with Crippen LogP contribution in [0.2, 0.25) is 0 Å². The van der Waals surface area contributed by atoms with Gasteiger partial charge < -0.3 is 14.8 Å². The minimum Gasteiger partial charge on any atom is -0.497 e. The van der Waals surface area contributed by atoms with E-state index in [1.54, 1.807) is 30.5 Å². The van der Waals surface area contributed by atoms with Crippen LogP contribution in [0.4, 0.5) is 32.3 Å². The average molecular weight is 492 g/mol. The largest absolute Gasteiger partial charge is 0.497 e. The summed E-state index contributed by atoms with van der Waals surface area (Å²) in [5.74, 6) is 1.46. The van der Waals surface area contributed by atoms with Crippen molar-refractivity contribution in [3.63, 3.8) is 0 Å². The Balaban J connectivity index is 1.68. The molecule has 4 rings (SSSR count). The third kappa shape index (κ3) is 5.12. The molecule has 1 aliphatic heterocycles. The Morgan fingerprint density at radius 2 is 1.92 bits per heavy atom. The minimum absolute atomic E-state index is 0.121. The number of para-hydroxylation sites is 1. The van der Waals surface area contributed by atoms with Gasteiger partial charge in [-0.15, -0.1) is 0 Å². The van der Waals surface area contributed by atoms with Gasteiger partial charge in [0.15, 0.2) is 5.78 Å². The second-order valence-corrected chi connectivity index (χ2v) is 7.95. The first-order chi connectivity index (χ1) is 17.5. The first kappa shape index (κ1) is 24.6. The number of amides is 2. The molecule has 0 atom stereocenters. The lowest BCUT2D eigenvalue weighted by Crippen LogP contribution is -2.48. The summed E-state index contributed by atoms with van der Waals surface area (Å²) in [4.78, 5) is 37.0. The Morgan fingerprint density at radius 1 is 1.19 bits per heavy atom. The summed E-state index contributed by atoms with van der Waals surface area (Å²) in [5.41, 5.74) is 2.58. The van der Waals surface area contributed by atoms with Crippen molar-refractivity contribution < 1.29 is 23.5 Å². The topological polar surface area (TPSA) is 96.9 Å². The number of alkyl halides is 1. The van der Waals surface area contributed by atoms with Crippen molar-refractivity contribution in [3.8, 4) is 11.5 Å². The number of ketones is 1. The number of rotatable bonds is 10. The number of fused-ring (bicyclic) bond motifs is 1. The summed E-state index contributed by atoms with van der Waals surface area (Å²) < 4.78 is 24.2. The quantitative estimate of drug-likeness (QED) is 0.419. The van der Waals surface area contributed by atoms with E-state index >= 15 is 0 Å². The number of carbonyl (C=O) groups is 2. The van der Waals surface area contributed by atoms with Crippen LogP contribution in [0.25, 0.3) is 0 Å². The van der Waals surface area contributed by atoms with Gasteiger partial charge in [-0.25, -0.2) is 14.2 Å². The first-order valence-corrected chi connectivity index (χ1v) is 11.2. The number of hydrogen-bond acceptors (Lipinski definition) is 7. The van der Waals surface area contributed by atoms with Crippen molar-refractivity contribution in [2.75, 3.05) is 42.6 Å². The molecule has 1 aromatic heterocycles. The lowest BCUT2D eigenvalue weighted by molar-refractivity contribution is -0.114. The highest BCUT2D eigenvalue weighted by Gasteiger charge is 2.33. The number of nitrogens with one attached hydrogen (secondary N) is 1. The Bertz CT molecular complexity index is 1280. The fourth-order valence-corrected chi connectivity index (χ4v) is 3.89. The van der Waals surface area contributed by atoms with E-state index in [0.717, 1.165) is 5.56 Å². The molecule has 0 fully saturated rings. The molecule has 2 aromatic carbocycles. The van der Waals surface area contributed by atoms with Crippen LogP contribution in [0, 0.1) is 0 Å². The monoisotopic (exact) mass is 491 g/mol. The smallest absolute Gasteiger partial charge is 0.330 e. The summed E-state index contributed by atoms with van der Waals surface area (Å²) >= 11 is 0. The predicted molar refractivity (Wildman–Crippen MR) is 135 cm³/mol. The van der Waals surface area contributed by atoms with E-state index in [1.807, 2.05) is 18.2 Å². The molecule has 0 radical (unpaired) electrons. The number of carbonyl (C=O) groups excluding carboxylic acids is 2. The number of halogens is 1. The zero-order valence-corrected chi connectivity index (χ0v) is 20.0. The highest BCUT2D eigenvalue weighted by atomic mass is 19.1. The van der Waals surface area contributed by atoms with Crippen molar-refractivity contribution in [2.24, 2.45) is 0 Å². The molecule has 0 spiro atoms. The lowest BCUT2D eigenvalue weighted by atomic mass is 10.1. The van der Waals surface area contributed by atoms with Crippen LogP contribution in [0.3, 0.4) is 0 Å². The van der Waals surface area contributed by atoms with Gasteiger partial charge in [0.1, 0.15) is 24.0 Å². The van der Waals surface area contributed by atoms with Crippen LogP contribution in [0.1, 0.15) is 11.1 Å². The van der Waals surface area contributed by atoms with Crippen LogP contribution in [0.5, 0.6) is 11.5 Å². The Hall–Kier alpha value is -4.47. The number of aromatic nitrogens is 2. The molecule has 2 amide bonds. The van der Waals surface area contributed by atoms with Crippen LogP contribution < -0.4 is 24.6 Å². The standard InChI is InChI=1S/C26H26FN5O4/c1-4-20(33)11-17-7-5-6-8-23(17)29-25-28-15-18-16-32(26(34)31(10-9-27)24(18)30-25)19-12-21(35-2)14-22(13-19)36-3/h4-8,12-15H,1,9-11,16H2,2-3H3,(H,28,29,30). The maximum absolute atomic E-state index is 13.5. The third-order valence-electron chi connectivity index (χ3n) is 5.70. The van der Waals surface area contributed by atoms with Crippen LogP contribution in [0.15, 0.2) is 61.3 Å². The number of methoxy groups -OCH3 is 2. The molecule has 0 saturated heterocycles. The molecule has 2 heterocycles. The Labute approximate surface area is 208 Å². The summed E-state index contributed by atoms with van der Waals surface area (Å²) in [6.07, 6.45) is 3.05. The number of anilines is 4. The molecular weight excluding hydrogens is 465 g/mol. The predicted octanol–water partition coefficient (Wildman–Crippen LogP) is 4.45. The molecule has 0 saturated carbocycles. The second-order valence-electron chi connectivity index (χ2n) is 7.95. The molecule has 0 aliphatic carbocycles. The maximum Gasteiger partial charge on any atom is 0.330 e. The van der Waals surface area contributed by atoms with Gasteiger partial charge in [-0.2, -0.15) is 4.98 Å². The van der Waals surface area contributed by atoms with Crippen molar-refractivity contribution in [3.05, 3.63) is 72.4 Å². The molecule has 0 unspecified atom stereocenters. The van der Waals surface area contributed by atoms with E-state index in [2.05, 4.69) is 21.9 Å². The van der Waals surface area contributed by atoms with Crippen molar-refractivity contribution in [2.45, 2.75) is 13.0 Å². The molecule has 1 aliphatic rings. The summed E-state index contributed by atoms with van der Waals surface area (Å²) in [6.45, 7) is 2.77.